The minimum absolute atomic E-state index is 0.243. The normalized spacial score (nSPS) is 9.95. The number of nitrogens with one attached hydrogen (secondary N) is 2. The molecule has 0 spiro atoms. The van der Waals surface area contributed by atoms with Crippen molar-refractivity contribution in [1.29, 1.82) is 5.26 Å². The van der Waals surface area contributed by atoms with Gasteiger partial charge in [0, 0.05) is 17.3 Å². The van der Waals surface area contributed by atoms with Crippen LogP contribution in [-0.2, 0) is 0 Å². The Labute approximate surface area is 126 Å². The predicted octanol–water partition coefficient (Wildman–Crippen LogP) is 3.05. The van der Waals surface area contributed by atoms with Gasteiger partial charge in [0.2, 0.25) is 5.95 Å². The van der Waals surface area contributed by atoms with E-state index in [1.807, 2.05) is 30.3 Å². The zero-order valence-corrected chi connectivity index (χ0v) is 11.6. The molecule has 0 bridgehead atoms. The molecule has 106 valence electrons. The van der Waals surface area contributed by atoms with E-state index in [-0.39, 0.29) is 5.56 Å². The van der Waals surface area contributed by atoms with Crippen molar-refractivity contribution in [2.24, 2.45) is 0 Å². The van der Waals surface area contributed by atoms with Crippen molar-refractivity contribution in [2.45, 2.75) is 0 Å². The number of aromatic nitrogens is 2. The number of rotatable bonds is 3. The van der Waals surface area contributed by atoms with Gasteiger partial charge in [0.05, 0.1) is 17.3 Å². The molecule has 0 saturated heterocycles. The van der Waals surface area contributed by atoms with Gasteiger partial charge in [-0.2, -0.15) is 5.26 Å². The van der Waals surface area contributed by atoms with Crippen LogP contribution in [0.2, 0.25) is 0 Å². The number of anilines is 2. The molecule has 1 heterocycles. The van der Waals surface area contributed by atoms with Crippen LogP contribution in [0.25, 0.3) is 11.3 Å². The molecule has 1 aromatic heterocycles. The third kappa shape index (κ3) is 3.02. The van der Waals surface area contributed by atoms with Gasteiger partial charge in [-0.15, -0.1) is 0 Å². The molecule has 3 aromatic rings. The van der Waals surface area contributed by atoms with Gasteiger partial charge in [0.25, 0.3) is 5.56 Å². The van der Waals surface area contributed by atoms with Crippen LogP contribution in [0.4, 0.5) is 11.6 Å². The van der Waals surface area contributed by atoms with Crippen molar-refractivity contribution in [3.05, 3.63) is 76.6 Å². The zero-order valence-electron chi connectivity index (χ0n) is 11.6. The lowest BCUT2D eigenvalue weighted by Gasteiger charge is -2.07. The van der Waals surface area contributed by atoms with Crippen LogP contribution in [-0.4, -0.2) is 9.97 Å². The van der Waals surface area contributed by atoms with Crippen molar-refractivity contribution in [1.82, 2.24) is 9.97 Å². The number of nitriles is 1. The van der Waals surface area contributed by atoms with E-state index in [0.717, 1.165) is 5.56 Å². The lowest BCUT2D eigenvalue weighted by molar-refractivity contribution is 1.12. The molecule has 0 aliphatic carbocycles. The van der Waals surface area contributed by atoms with E-state index in [4.69, 9.17) is 5.26 Å². The molecule has 0 aliphatic heterocycles. The molecule has 0 saturated carbocycles. The molecular formula is C17H12N4O. The molecule has 2 aromatic carbocycles. The summed E-state index contributed by atoms with van der Waals surface area (Å²) in [5, 5.41) is 11.9. The Kier molecular flexibility index (Phi) is 3.67. The van der Waals surface area contributed by atoms with Crippen LogP contribution in [0.3, 0.4) is 0 Å². The fourth-order valence-electron chi connectivity index (χ4n) is 2.08. The summed E-state index contributed by atoms with van der Waals surface area (Å²) >= 11 is 0. The maximum absolute atomic E-state index is 11.8. The van der Waals surface area contributed by atoms with Crippen LogP contribution in [0, 0.1) is 11.3 Å². The number of aromatic amines is 1. The van der Waals surface area contributed by atoms with Crippen molar-refractivity contribution < 1.29 is 0 Å². The summed E-state index contributed by atoms with van der Waals surface area (Å²) in [6.45, 7) is 0. The largest absolute Gasteiger partial charge is 0.326 e. The predicted molar refractivity (Wildman–Crippen MR) is 84.7 cm³/mol. The highest BCUT2D eigenvalue weighted by atomic mass is 16.1. The van der Waals surface area contributed by atoms with Crippen molar-refractivity contribution in [3.8, 4) is 17.3 Å². The van der Waals surface area contributed by atoms with Gasteiger partial charge in [-0.3, -0.25) is 9.78 Å². The maximum atomic E-state index is 11.8. The average molecular weight is 288 g/mol. The van der Waals surface area contributed by atoms with E-state index in [9.17, 15) is 4.79 Å². The Morgan fingerprint density at radius 2 is 1.86 bits per heavy atom. The minimum Gasteiger partial charge on any atom is -0.326 e. The SMILES string of the molecule is N#Cc1cccc(Nc2nc(-c3ccccc3)cc(=O)[nH]2)c1. The first-order chi connectivity index (χ1) is 10.7. The first-order valence-corrected chi connectivity index (χ1v) is 6.68. The second-order valence-corrected chi connectivity index (χ2v) is 4.66. The highest BCUT2D eigenvalue weighted by molar-refractivity contribution is 5.62. The Balaban J connectivity index is 1.96. The molecule has 22 heavy (non-hydrogen) atoms. The third-order valence-electron chi connectivity index (χ3n) is 3.07. The summed E-state index contributed by atoms with van der Waals surface area (Å²) in [7, 11) is 0. The van der Waals surface area contributed by atoms with E-state index >= 15 is 0 Å². The fraction of sp³-hybridized carbons (Fsp3) is 0. The van der Waals surface area contributed by atoms with Gasteiger partial charge in [-0.25, -0.2) is 4.98 Å². The molecule has 0 unspecified atom stereocenters. The van der Waals surface area contributed by atoms with E-state index < -0.39 is 0 Å². The number of H-pyrrole nitrogens is 1. The van der Waals surface area contributed by atoms with E-state index in [0.29, 0.717) is 22.9 Å². The number of benzene rings is 2. The maximum Gasteiger partial charge on any atom is 0.252 e. The molecule has 0 amide bonds. The second-order valence-electron chi connectivity index (χ2n) is 4.66. The van der Waals surface area contributed by atoms with E-state index in [1.165, 1.54) is 6.07 Å². The van der Waals surface area contributed by atoms with Gasteiger partial charge >= 0.3 is 0 Å². The molecule has 5 heteroatoms. The smallest absolute Gasteiger partial charge is 0.252 e. The summed E-state index contributed by atoms with van der Waals surface area (Å²) in [5.74, 6) is 0.335. The summed E-state index contributed by atoms with van der Waals surface area (Å²) < 4.78 is 0. The average Bonchev–Trinajstić information content (AvgIpc) is 2.55. The molecule has 0 radical (unpaired) electrons. The van der Waals surface area contributed by atoms with Crippen LogP contribution >= 0.6 is 0 Å². The first kappa shape index (κ1) is 13.6. The monoisotopic (exact) mass is 288 g/mol. The Morgan fingerprint density at radius 3 is 2.64 bits per heavy atom. The quantitative estimate of drug-likeness (QED) is 0.776. The third-order valence-corrected chi connectivity index (χ3v) is 3.07. The van der Waals surface area contributed by atoms with E-state index in [2.05, 4.69) is 21.4 Å². The number of nitrogens with zero attached hydrogens (tertiary/aromatic N) is 2. The molecule has 0 atom stereocenters. The van der Waals surface area contributed by atoms with Crippen LogP contribution in [0.1, 0.15) is 5.56 Å². The van der Waals surface area contributed by atoms with Crippen molar-refractivity contribution >= 4 is 11.6 Å². The zero-order chi connectivity index (χ0) is 15.4. The summed E-state index contributed by atoms with van der Waals surface area (Å²) in [5.41, 5.74) is 2.43. The summed E-state index contributed by atoms with van der Waals surface area (Å²) in [6.07, 6.45) is 0. The number of hydrogen-bond donors (Lipinski definition) is 2. The molecule has 5 nitrogen and oxygen atoms in total. The minimum atomic E-state index is -0.243. The van der Waals surface area contributed by atoms with Gasteiger partial charge in [-0.1, -0.05) is 36.4 Å². The second kappa shape index (κ2) is 5.94. The molecule has 0 aliphatic rings. The molecular weight excluding hydrogens is 276 g/mol. The molecule has 2 N–H and O–H groups in total. The highest BCUT2D eigenvalue weighted by Gasteiger charge is 2.04. The lowest BCUT2D eigenvalue weighted by Crippen LogP contribution is -2.10. The van der Waals surface area contributed by atoms with Crippen molar-refractivity contribution in [3.63, 3.8) is 0 Å². The van der Waals surface area contributed by atoms with Crippen LogP contribution in [0.5, 0.6) is 0 Å². The highest BCUT2D eigenvalue weighted by Crippen LogP contribution is 2.18. The van der Waals surface area contributed by atoms with Gasteiger partial charge in [-0.05, 0) is 18.2 Å². The number of hydrogen-bond acceptors (Lipinski definition) is 4. The Hall–Kier alpha value is -3.39. The molecule has 3 rings (SSSR count). The van der Waals surface area contributed by atoms with Crippen LogP contribution in [0.15, 0.2) is 65.5 Å². The summed E-state index contributed by atoms with van der Waals surface area (Å²) in [4.78, 5) is 18.9. The topological polar surface area (TPSA) is 81.6 Å². The molecule has 0 fully saturated rings. The van der Waals surface area contributed by atoms with E-state index in [1.54, 1.807) is 24.3 Å². The fourth-order valence-corrected chi connectivity index (χ4v) is 2.08. The standard InChI is InChI=1S/C17H12N4O/c18-11-12-5-4-8-14(9-12)19-17-20-15(10-16(22)21-17)13-6-2-1-3-7-13/h1-10H,(H2,19,20,21,22). The first-order valence-electron chi connectivity index (χ1n) is 6.68. The Bertz CT molecular complexity index is 894. The Morgan fingerprint density at radius 1 is 1.05 bits per heavy atom. The van der Waals surface area contributed by atoms with Crippen LogP contribution < -0.4 is 10.9 Å². The summed E-state index contributed by atoms with van der Waals surface area (Å²) in [6, 6.07) is 20.0. The lowest BCUT2D eigenvalue weighted by atomic mass is 10.1. The van der Waals surface area contributed by atoms with Crippen molar-refractivity contribution in [2.75, 3.05) is 5.32 Å². The van der Waals surface area contributed by atoms with Gasteiger partial charge < -0.3 is 5.32 Å². The van der Waals surface area contributed by atoms with Gasteiger partial charge in [0.15, 0.2) is 0 Å². The van der Waals surface area contributed by atoms with Gasteiger partial charge in [0.1, 0.15) is 0 Å².